The van der Waals surface area contributed by atoms with Crippen molar-refractivity contribution in [3.8, 4) is 5.69 Å². The normalized spacial score (nSPS) is 11.9. The molecule has 0 saturated carbocycles. The van der Waals surface area contributed by atoms with E-state index >= 15 is 0 Å². The van der Waals surface area contributed by atoms with Gasteiger partial charge in [0.1, 0.15) is 5.82 Å². The molecule has 0 radical (unpaired) electrons. The number of thioether (sulfide) groups is 1. The van der Waals surface area contributed by atoms with E-state index in [0.29, 0.717) is 5.82 Å². The molecule has 1 amide bonds. The Labute approximate surface area is 203 Å². The largest absolute Gasteiger partial charge is 0.346 e. The Morgan fingerprint density at radius 2 is 1.71 bits per heavy atom. The van der Waals surface area contributed by atoms with Crippen LogP contribution in [-0.4, -0.2) is 20.7 Å². The Morgan fingerprint density at radius 3 is 2.41 bits per heavy atom. The van der Waals surface area contributed by atoms with Crippen LogP contribution in [0.2, 0.25) is 0 Å². The number of hydrogen-bond donors (Lipinski definition) is 1. The van der Waals surface area contributed by atoms with Crippen molar-refractivity contribution in [2.24, 2.45) is 0 Å². The minimum Gasteiger partial charge on any atom is -0.346 e. The van der Waals surface area contributed by atoms with Crippen molar-refractivity contribution in [3.63, 3.8) is 0 Å². The number of carbonyl (C=O) groups excluding carboxylic acids is 1. The van der Waals surface area contributed by atoms with Crippen LogP contribution in [0.3, 0.4) is 0 Å². The molecule has 1 atom stereocenters. The summed E-state index contributed by atoms with van der Waals surface area (Å²) in [5.74, 6) is 0.942. The van der Waals surface area contributed by atoms with E-state index in [4.69, 9.17) is 0 Å². The number of benzene rings is 3. The Bertz CT molecular complexity index is 1270. The highest BCUT2D eigenvalue weighted by Crippen LogP contribution is 2.28. The van der Waals surface area contributed by atoms with Gasteiger partial charge < -0.3 is 5.32 Å². The minimum atomic E-state index is -0.366. The van der Waals surface area contributed by atoms with Gasteiger partial charge in [0.25, 0.3) is 0 Å². The number of aryl methyl sites for hydroxylation is 2. The molecular weight excluding hydrogens is 447 g/mol. The van der Waals surface area contributed by atoms with Gasteiger partial charge in [-0.05, 0) is 61.7 Å². The number of halogens is 1. The Morgan fingerprint density at radius 1 is 1.00 bits per heavy atom. The second kappa shape index (κ2) is 10.7. The molecule has 5 nitrogen and oxygen atoms in total. The van der Waals surface area contributed by atoms with Crippen molar-refractivity contribution in [1.29, 1.82) is 0 Å². The summed E-state index contributed by atoms with van der Waals surface area (Å²) >= 11 is 1.62. The average Bonchev–Trinajstić information content (AvgIpc) is 3.24. The highest BCUT2D eigenvalue weighted by atomic mass is 32.2. The number of amides is 1. The number of aromatic nitrogens is 3. The summed E-state index contributed by atoms with van der Waals surface area (Å²) in [5.41, 5.74) is 5.33. The van der Waals surface area contributed by atoms with Crippen LogP contribution < -0.4 is 5.32 Å². The van der Waals surface area contributed by atoms with E-state index in [2.05, 4.69) is 34.6 Å². The summed E-state index contributed by atoms with van der Waals surface area (Å²) in [6, 6.07) is 22.1. The number of carbonyl (C=O) groups is 1. The summed E-state index contributed by atoms with van der Waals surface area (Å²) in [6.45, 7) is 6.04. The van der Waals surface area contributed by atoms with E-state index in [0.717, 1.165) is 27.7 Å². The summed E-state index contributed by atoms with van der Waals surface area (Å²) < 4.78 is 15.2. The van der Waals surface area contributed by atoms with Crippen LogP contribution in [0.4, 0.5) is 4.39 Å². The molecule has 0 aliphatic carbocycles. The molecule has 0 spiro atoms. The van der Waals surface area contributed by atoms with Crippen molar-refractivity contribution in [3.05, 3.63) is 107 Å². The van der Waals surface area contributed by atoms with Gasteiger partial charge in [0.2, 0.25) is 5.91 Å². The third-order valence-corrected chi connectivity index (χ3v) is 6.59. The molecule has 174 valence electrons. The van der Waals surface area contributed by atoms with Crippen LogP contribution >= 0.6 is 11.8 Å². The van der Waals surface area contributed by atoms with E-state index < -0.39 is 0 Å². The van der Waals surface area contributed by atoms with Crippen LogP contribution in [-0.2, 0) is 17.0 Å². The molecule has 0 aliphatic rings. The lowest BCUT2D eigenvalue weighted by atomic mass is 10.1. The van der Waals surface area contributed by atoms with Crippen LogP contribution in [0, 0.1) is 19.7 Å². The van der Waals surface area contributed by atoms with Gasteiger partial charge in [-0.3, -0.25) is 9.36 Å². The zero-order chi connectivity index (χ0) is 24.1. The Balaban J connectivity index is 1.57. The van der Waals surface area contributed by atoms with Crippen LogP contribution in [0.1, 0.15) is 41.0 Å². The second-order valence-electron chi connectivity index (χ2n) is 8.32. The lowest BCUT2D eigenvalue weighted by Crippen LogP contribution is -2.30. The predicted molar refractivity (Wildman–Crippen MR) is 133 cm³/mol. The van der Waals surface area contributed by atoms with Gasteiger partial charge in [-0.2, -0.15) is 0 Å². The Kier molecular flexibility index (Phi) is 7.43. The van der Waals surface area contributed by atoms with Crippen molar-refractivity contribution in [1.82, 2.24) is 20.1 Å². The lowest BCUT2D eigenvalue weighted by molar-refractivity contribution is -0.121. The zero-order valence-electron chi connectivity index (χ0n) is 19.5. The first-order valence-corrected chi connectivity index (χ1v) is 12.1. The zero-order valence-corrected chi connectivity index (χ0v) is 20.3. The average molecular weight is 475 g/mol. The number of hydrogen-bond acceptors (Lipinski definition) is 4. The molecule has 4 rings (SSSR count). The van der Waals surface area contributed by atoms with Crippen LogP contribution in [0.25, 0.3) is 5.69 Å². The molecule has 3 aromatic carbocycles. The van der Waals surface area contributed by atoms with Gasteiger partial charge in [-0.1, -0.05) is 65.9 Å². The first-order valence-electron chi connectivity index (χ1n) is 11.1. The maximum Gasteiger partial charge on any atom is 0.224 e. The van der Waals surface area contributed by atoms with E-state index in [1.165, 1.54) is 23.3 Å². The number of nitrogens with one attached hydrogen (secondary N) is 1. The number of rotatable bonds is 8. The minimum absolute atomic E-state index is 0.160. The van der Waals surface area contributed by atoms with Gasteiger partial charge >= 0.3 is 0 Å². The van der Waals surface area contributed by atoms with Crippen molar-refractivity contribution >= 4 is 17.7 Å². The standard InChI is InChI=1S/C27H27FN4OS/c1-18-8-14-24(15-9-18)32-26(20(3)29-25(33)16-21-10-12-23(28)13-11-21)30-31-27(32)34-17-22-7-5-4-6-19(22)2/h4-15,20H,16-17H2,1-3H3,(H,29,33). The molecule has 0 saturated heterocycles. The Hall–Kier alpha value is -3.45. The van der Waals surface area contributed by atoms with Crippen LogP contribution in [0.5, 0.6) is 0 Å². The van der Waals surface area contributed by atoms with E-state index in [-0.39, 0.29) is 24.2 Å². The maximum atomic E-state index is 13.2. The lowest BCUT2D eigenvalue weighted by Gasteiger charge is -2.17. The van der Waals surface area contributed by atoms with Gasteiger partial charge in [0.15, 0.2) is 11.0 Å². The van der Waals surface area contributed by atoms with Gasteiger partial charge in [-0.15, -0.1) is 10.2 Å². The van der Waals surface area contributed by atoms with Crippen molar-refractivity contribution < 1.29 is 9.18 Å². The van der Waals surface area contributed by atoms with E-state index in [1.54, 1.807) is 23.9 Å². The fourth-order valence-corrected chi connectivity index (χ4v) is 4.69. The predicted octanol–water partition coefficient (Wildman–Crippen LogP) is 5.74. The van der Waals surface area contributed by atoms with Crippen molar-refractivity contribution in [2.45, 2.75) is 44.1 Å². The fraction of sp³-hybridized carbons (Fsp3) is 0.222. The summed E-state index contributed by atoms with van der Waals surface area (Å²) in [5, 5.41) is 12.7. The molecule has 7 heteroatoms. The first kappa shape index (κ1) is 23.7. The maximum absolute atomic E-state index is 13.2. The highest BCUT2D eigenvalue weighted by Gasteiger charge is 2.21. The topological polar surface area (TPSA) is 59.8 Å². The molecule has 1 unspecified atom stereocenters. The molecule has 34 heavy (non-hydrogen) atoms. The molecule has 1 N–H and O–H groups in total. The molecular formula is C27H27FN4OS. The SMILES string of the molecule is Cc1ccc(-n2c(SCc3ccccc3C)nnc2C(C)NC(=O)Cc2ccc(F)cc2)cc1. The van der Waals surface area contributed by atoms with E-state index in [9.17, 15) is 9.18 Å². The van der Waals surface area contributed by atoms with Crippen molar-refractivity contribution in [2.75, 3.05) is 0 Å². The molecule has 4 aromatic rings. The fourth-order valence-electron chi connectivity index (χ4n) is 3.65. The summed E-state index contributed by atoms with van der Waals surface area (Å²) in [6.07, 6.45) is 0.165. The first-order chi connectivity index (χ1) is 16.4. The van der Waals surface area contributed by atoms with Gasteiger partial charge in [0.05, 0.1) is 12.5 Å². The molecule has 1 heterocycles. The molecule has 0 fully saturated rings. The highest BCUT2D eigenvalue weighted by molar-refractivity contribution is 7.98. The third-order valence-electron chi connectivity index (χ3n) is 5.61. The summed E-state index contributed by atoms with van der Waals surface area (Å²) in [4.78, 5) is 12.7. The number of nitrogens with zero attached hydrogens (tertiary/aromatic N) is 3. The van der Waals surface area contributed by atoms with Crippen LogP contribution in [0.15, 0.2) is 78.0 Å². The third kappa shape index (κ3) is 5.72. The summed E-state index contributed by atoms with van der Waals surface area (Å²) in [7, 11) is 0. The molecule has 0 bridgehead atoms. The second-order valence-corrected chi connectivity index (χ2v) is 9.26. The molecule has 0 aliphatic heterocycles. The quantitative estimate of drug-likeness (QED) is 0.331. The molecule has 1 aromatic heterocycles. The van der Waals surface area contributed by atoms with Gasteiger partial charge in [0, 0.05) is 11.4 Å². The monoisotopic (exact) mass is 474 g/mol. The smallest absolute Gasteiger partial charge is 0.224 e. The van der Waals surface area contributed by atoms with E-state index in [1.807, 2.05) is 54.8 Å². The van der Waals surface area contributed by atoms with Gasteiger partial charge in [-0.25, -0.2) is 4.39 Å².